The zero-order chi connectivity index (χ0) is 10.0. The number of hydrogen-bond acceptors (Lipinski definition) is 2. The van der Waals surface area contributed by atoms with E-state index in [2.05, 4.69) is 13.0 Å². The van der Waals surface area contributed by atoms with Crippen LogP contribution in [-0.2, 0) is 6.42 Å². The van der Waals surface area contributed by atoms with Gasteiger partial charge in [0.1, 0.15) is 0 Å². The SMILES string of the molecule is Cc1cc(CC(C)N)cc(N)c1C. The Morgan fingerprint density at radius 3 is 2.38 bits per heavy atom. The molecule has 0 saturated carbocycles. The van der Waals surface area contributed by atoms with E-state index in [9.17, 15) is 0 Å². The highest BCUT2D eigenvalue weighted by molar-refractivity contribution is 5.52. The van der Waals surface area contributed by atoms with E-state index in [0.717, 1.165) is 12.1 Å². The molecule has 0 radical (unpaired) electrons. The fourth-order valence-electron chi connectivity index (χ4n) is 1.45. The van der Waals surface area contributed by atoms with E-state index < -0.39 is 0 Å². The minimum Gasteiger partial charge on any atom is -0.398 e. The molecule has 4 N–H and O–H groups in total. The topological polar surface area (TPSA) is 52.0 Å². The number of anilines is 1. The molecular weight excluding hydrogens is 160 g/mol. The highest BCUT2D eigenvalue weighted by atomic mass is 14.6. The smallest absolute Gasteiger partial charge is 0.0349 e. The summed E-state index contributed by atoms with van der Waals surface area (Å²) in [6.07, 6.45) is 0.894. The molecule has 0 fully saturated rings. The summed E-state index contributed by atoms with van der Waals surface area (Å²) in [5, 5.41) is 0. The monoisotopic (exact) mass is 178 g/mol. The van der Waals surface area contributed by atoms with E-state index in [4.69, 9.17) is 11.5 Å². The minimum atomic E-state index is 0.196. The lowest BCUT2D eigenvalue weighted by molar-refractivity contribution is 0.738. The normalized spacial score (nSPS) is 12.9. The quantitative estimate of drug-likeness (QED) is 0.678. The Hall–Kier alpha value is -1.02. The number of nitrogen functional groups attached to an aromatic ring is 1. The van der Waals surface area contributed by atoms with Crippen molar-refractivity contribution in [2.24, 2.45) is 5.73 Å². The third-order valence-corrected chi connectivity index (χ3v) is 2.32. The molecule has 1 unspecified atom stereocenters. The van der Waals surface area contributed by atoms with Gasteiger partial charge in [-0.05, 0) is 49.9 Å². The minimum absolute atomic E-state index is 0.196. The van der Waals surface area contributed by atoms with Crippen LogP contribution in [0.5, 0.6) is 0 Å². The van der Waals surface area contributed by atoms with Crippen molar-refractivity contribution in [3.05, 3.63) is 28.8 Å². The first-order valence-electron chi connectivity index (χ1n) is 4.62. The molecular formula is C11H18N2. The van der Waals surface area contributed by atoms with Gasteiger partial charge in [0.05, 0.1) is 0 Å². The van der Waals surface area contributed by atoms with Crippen LogP contribution in [0.25, 0.3) is 0 Å². The van der Waals surface area contributed by atoms with E-state index in [1.54, 1.807) is 0 Å². The van der Waals surface area contributed by atoms with E-state index in [1.165, 1.54) is 16.7 Å². The zero-order valence-electron chi connectivity index (χ0n) is 8.59. The van der Waals surface area contributed by atoms with Crippen LogP contribution in [0, 0.1) is 13.8 Å². The van der Waals surface area contributed by atoms with Crippen LogP contribution in [-0.4, -0.2) is 6.04 Å². The second-order valence-electron chi connectivity index (χ2n) is 3.81. The van der Waals surface area contributed by atoms with E-state index >= 15 is 0 Å². The van der Waals surface area contributed by atoms with Crippen LogP contribution in [0.2, 0.25) is 0 Å². The molecule has 2 nitrogen and oxygen atoms in total. The Kier molecular flexibility index (Phi) is 2.94. The van der Waals surface area contributed by atoms with Crippen molar-refractivity contribution in [2.45, 2.75) is 33.2 Å². The third-order valence-electron chi connectivity index (χ3n) is 2.32. The molecule has 0 saturated heterocycles. The maximum Gasteiger partial charge on any atom is 0.0349 e. The van der Waals surface area contributed by atoms with Gasteiger partial charge in [-0.25, -0.2) is 0 Å². The van der Waals surface area contributed by atoms with Crippen molar-refractivity contribution in [3.63, 3.8) is 0 Å². The van der Waals surface area contributed by atoms with Gasteiger partial charge in [-0.15, -0.1) is 0 Å². The highest BCUT2D eigenvalue weighted by Gasteiger charge is 2.03. The molecule has 0 bridgehead atoms. The predicted octanol–water partition coefficient (Wildman–Crippen LogP) is 1.78. The van der Waals surface area contributed by atoms with Crippen molar-refractivity contribution in [3.8, 4) is 0 Å². The summed E-state index contributed by atoms with van der Waals surface area (Å²) >= 11 is 0. The molecule has 0 heterocycles. The van der Waals surface area contributed by atoms with Gasteiger partial charge < -0.3 is 11.5 Å². The van der Waals surface area contributed by atoms with Gasteiger partial charge in [0.2, 0.25) is 0 Å². The Labute approximate surface area is 79.9 Å². The van der Waals surface area contributed by atoms with Crippen molar-refractivity contribution in [2.75, 3.05) is 5.73 Å². The Morgan fingerprint density at radius 2 is 1.92 bits per heavy atom. The molecule has 13 heavy (non-hydrogen) atoms. The number of aryl methyl sites for hydroxylation is 1. The van der Waals surface area contributed by atoms with Crippen LogP contribution in [0.15, 0.2) is 12.1 Å². The summed E-state index contributed by atoms with van der Waals surface area (Å²) in [5.74, 6) is 0. The van der Waals surface area contributed by atoms with Crippen molar-refractivity contribution in [1.82, 2.24) is 0 Å². The van der Waals surface area contributed by atoms with Gasteiger partial charge in [0.25, 0.3) is 0 Å². The fraction of sp³-hybridized carbons (Fsp3) is 0.455. The summed E-state index contributed by atoms with van der Waals surface area (Å²) in [5.41, 5.74) is 16.1. The maximum atomic E-state index is 5.86. The Balaban J connectivity index is 2.99. The van der Waals surface area contributed by atoms with Crippen molar-refractivity contribution in [1.29, 1.82) is 0 Å². The molecule has 0 amide bonds. The maximum absolute atomic E-state index is 5.86. The molecule has 0 aliphatic heterocycles. The molecule has 1 atom stereocenters. The molecule has 2 heteroatoms. The van der Waals surface area contributed by atoms with E-state index in [1.807, 2.05) is 19.9 Å². The van der Waals surface area contributed by atoms with Gasteiger partial charge in [-0.1, -0.05) is 6.07 Å². The van der Waals surface area contributed by atoms with Crippen LogP contribution in [0.3, 0.4) is 0 Å². The molecule has 0 aliphatic rings. The average molecular weight is 178 g/mol. The first-order valence-corrected chi connectivity index (χ1v) is 4.62. The molecule has 0 spiro atoms. The van der Waals surface area contributed by atoms with Crippen molar-refractivity contribution < 1.29 is 0 Å². The molecule has 1 aromatic carbocycles. The second kappa shape index (κ2) is 3.79. The largest absolute Gasteiger partial charge is 0.398 e. The number of nitrogens with two attached hydrogens (primary N) is 2. The van der Waals surface area contributed by atoms with E-state index in [0.29, 0.717) is 0 Å². The lowest BCUT2D eigenvalue weighted by atomic mass is 10.0. The first-order chi connectivity index (χ1) is 6.00. The lowest BCUT2D eigenvalue weighted by Gasteiger charge is -2.10. The Morgan fingerprint density at radius 1 is 1.31 bits per heavy atom. The van der Waals surface area contributed by atoms with E-state index in [-0.39, 0.29) is 6.04 Å². The van der Waals surface area contributed by atoms with Crippen LogP contribution in [0.1, 0.15) is 23.6 Å². The van der Waals surface area contributed by atoms with Crippen LogP contribution < -0.4 is 11.5 Å². The van der Waals surface area contributed by atoms with Gasteiger partial charge >= 0.3 is 0 Å². The summed E-state index contributed by atoms with van der Waals surface area (Å²) < 4.78 is 0. The van der Waals surface area contributed by atoms with Gasteiger partial charge in [-0.2, -0.15) is 0 Å². The van der Waals surface area contributed by atoms with Gasteiger partial charge in [0.15, 0.2) is 0 Å². The van der Waals surface area contributed by atoms with Crippen molar-refractivity contribution >= 4 is 5.69 Å². The lowest BCUT2D eigenvalue weighted by Crippen LogP contribution is -2.18. The zero-order valence-corrected chi connectivity index (χ0v) is 8.59. The van der Waals surface area contributed by atoms with Crippen LogP contribution >= 0.6 is 0 Å². The molecule has 0 aromatic heterocycles. The fourth-order valence-corrected chi connectivity index (χ4v) is 1.45. The average Bonchev–Trinajstić information content (AvgIpc) is 1.98. The summed E-state index contributed by atoms with van der Waals surface area (Å²) in [6, 6.07) is 4.38. The molecule has 1 aromatic rings. The number of hydrogen-bond donors (Lipinski definition) is 2. The predicted molar refractivity (Wildman–Crippen MR) is 57.7 cm³/mol. The summed E-state index contributed by atoms with van der Waals surface area (Å²) in [4.78, 5) is 0. The third kappa shape index (κ3) is 2.46. The number of benzene rings is 1. The molecule has 1 rings (SSSR count). The van der Waals surface area contributed by atoms with Gasteiger partial charge in [-0.3, -0.25) is 0 Å². The van der Waals surface area contributed by atoms with Crippen LogP contribution in [0.4, 0.5) is 5.69 Å². The standard InChI is InChI=1S/C11H18N2/c1-7-4-10(5-8(2)12)6-11(13)9(7)3/h4,6,8H,5,12-13H2,1-3H3. The number of rotatable bonds is 2. The highest BCUT2D eigenvalue weighted by Crippen LogP contribution is 2.18. The molecule has 0 aliphatic carbocycles. The summed E-state index contributed by atoms with van der Waals surface area (Å²) in [6.45, 7) is 6.13. The second-order valence-corrected chi connectivity index (χ2v) is 3.81. The molecule has 72 valence electrons. The Bertz CT molecular complexity index is 280. The summed E-state index contributed by atoms with van der Waals surface area (Å²) in [7, 11) is 0. The van der Waals surface area contributed by atoms with Gasteiger partial charge in [0, 0.05) is 11.7 Å². The first kappa shape index (κ1) is 10.1.